The van der Waals surface area contributed by atoms with Gasteiger partial charge in [0.2, 0.25) is 0 Å². The second-order valence-corrected chi connectivity index (χ2v) is 7.34. The van der Waals surface area contributed by atoms with Gasteiger partial charge in [0, 0.05) is 5.69 Å². The lowest BCUT2D eigenvalue weighted by molar-refractivity contribution is -0.123. The van der Waals surface area contributed by atoms with Crippen molar-refractivity contribution in [1.29, 1.82) is 0 Å². The van der Waals surface area contributed by atoms with Crippen LogP contribution in [-0.4, -0.2) is 27.8 Å². The molecule has 0 spiro atoms. The lowest BCUT2D eigenvalue weighted by atomic mass is 10.1. The summed E-state index contributed by atoms with van der Waals surface area (Å²) in [5, 5.41) is 7.28. The summed E-state index contributed by atoms with van der Waals surface area (Å²) in [5.74, 6) is -1.10. The number of esters is 1. The third-order valence-electron chi connectivity index (χ3n) is 4.73. The molecule has 0 fully saturated rings. The molecule has 0 aliphatic rings. The Morgan fingerprint density at radius 2 is 1.77 bits per heavy atom. The molecule has 1 aromatic heterocycles. The highest BCUT2D eigenvalue weighted by atomic mass is 35.5. The zero-order chi connectivity index (χ0) is 21.7. The number of hydrogen-bond donors (Lipinski definition) is 1. The number of ether oxygens (including phenoxy) is 1. The van der Waals surface area contributed by atoms with Crippen molar-refractivity contribution in [2.24, 2.45) is 0 Å². The number of carbonyl (C=O) groups is 2. The molecule has 0 saturated heterocycles. The van der Waals surface area contributed by atoms with E-state index in [-0.39, 0.29) is 10.7 Å². The molecule has 0 bridgehead atoms. The number of hydrogen-bond acceptors (Lipinski definition) is 4. The van der Waals surface area contributed by atoms with E-state index in [2.05, 4.69) is 17.3 Å². The predicted molar refractivity (Wildman–Crippen MR) is 117 cm³/mol. The molecule has 1 atom stereocenters. The molecule has 0 radical (unpaired) electrons. The first-order valence-electron chi connectivity index (χ1n) is 9.76. The van der Waals surface area contributed by atoms with Crippen LogP contribution in [0.4, 0.5) is 5.69 Å². The Balaban J connectivity index is 1.66. The molecule has 6 nitrogen and oxygen atoms in total. The number of benzene rings is 2. The fourth-order valence-corrected chi connectivity index (χ4v) is 3.30. The average molecular weight is 426 g/mol. The summed E-state index contributed by atoms with van der Waals surface area (Å²) in [5.41, 5.74) is 3.43. The monoisotopic (exact) mass is 425 g/mol. The minimum Gasteiger partial charge on any atom is -0.449 e. The van der Waals surface area contributed by atoms with Gasteiger partial charge in [-0.1, -0.05) is 61.0 Å². The van der Waals surface area contributed by atoms with Gasteiger partial charge >= 0.3 is 5.97 Å². The Morgan fingerprint density at radius 1 is 1.10 bits per heavy atom. The molecule has 2 aromatic carbocycles. The highest BCUT2D eigenvalue weighted by molar-refractivity contribution is 6.32. The van der Waals surface area contributed by atoms with Gasteiger partial charge < -0.3 is 10.1 Å². The summed E-state index contributed by atoms with van der Waals surface area (Å²) in [6.07, 6.45) is -0.0726. The van der Waals surface area contributed by atoms with E-state index in [4.69, 9.17) is 16.3 Å². The van der Waals surface area contributed by atoms with Crippen LogP contribution in [0.25, 0.3) is 0 Å². The summed E-state index contributed by atoms with van der Waals surface area (Å²) in [7, 11) is 0. The van der Waals surface area contributed by atoms with Gasteiger partial charge in [0.1, 0.15) is 10.7 Å². The summed E-state index contributed by atoms with van der Waals surface area (Å²) in [6.45, 7) is 5.69. The first kappa shape index (κ1) is 21.6. The fraction of sp³-hybridized carbons (Fsp3) is 0.261. The molecule has 1 N–H and O–H groups in total. The van der Waals surface area contributed by atoms with Crippen molar-refractivity contribution < 1.29 is 14.3 Å². The van der Waals surface area contributed by atoms with E-state index in [0.717, 1.165) is 12.0 Å². The maximum absolute atomic E-state index is 12.7. The van der Waals surface area contributed by atoms with Crippen LogP contribution < -0.4 is 5.32 Å². The molecular formula is C23H24ClN3O3. The topological polar surface area (TPSA) is 73.2 Å². The molecule has 30 heavy (non-hydrogen) atoms. The number of nitrogens with zero attached hydrogens (tertiary/aromatic N) is 2. The summed E-state index contributed by atoms with van der Waals surface area (Å²) < 4.78 is 6.90. The van der Waals surface area contributed by atoms with Crippen molar-refractivity contribution in [3.8, 4) is 0 Å². The smallest absolute Gasteiger partial charge is 0.343 e. The van der Waals surface area contributed by atoms with Crippen LogP contribution in [-0.2, 0) is 22.5 Å². The summed E-state index contributed by atoms with van der Waals surface area (Å²) in [6, 6.07) is 17.2. The number of anilines is 1. The van der Waals surface area contributed by atoms with Crippen LogP contribution >= 0.6 is 11.6 Å². The van der Waals surface area contributed by atoms with E-state index < -0.39 is 18.0 Å². The maximum Gasteiger partial charge on any atom is 0.343 e. The fourth-order valence-electron chi connectivity index (χ4n) is 2.99. The molecule has 1 amide bonds. The quantitative estimate of drug-likeness (QED) is 0.559. The van der Waals surface area contributed by atoms with E-state index in [0.29, 0.717) is 17.9 Å². The van der Waals surface area contributed by atoms with Crippen molar-refractivity contribution in [1.82, 2.24) is 9.78 Å². The molecular weight excluding hydrogens is 402 g/mol. The van der Waals surface area contributed by atoms with Gasteiger partial charge in [-0.3, -0.25) is 4.79 Å². The first-order valence-corrected chi connectivity index (χ1v) is 10.1. The Labute approximate surface area is 180 Å². The first-order chi connectivity index (χ1) is 14.4. The van der Waals surface area contributed by atoms with Crippen LogP contribution in [0.1, 0.15) is 41.0 Å². The van der Waals surface area contributed by atoms with E-state index in [1.54, 1.807) is 11.6 Å². The van der Waals surface area contributed by atoms with E-state index in [9.17, 15) is 9.59 Å². The van der Waals surface area contributed by atoms with Gasteiger partial charge in [-0.15, -0.1) is 0 Å². The Bertz CT molecular complexity index is 1030. The Hall–Kier alpha value is -3.12. The summed E-state index contributed by atoms with van der Waals surface area (Å²) >= 11 is 6.39. The van der Waals surface area contributed by atoms with Gasteiger partial charge in [0.05, 0.1) is 12.2 Å². The van der Waals surface area contributed by atoms with Gasteiger partial charge in [0.15, 0.2) is 6.10 Å². The minimum atomic E-state index is -0.990. The second kappa shape index (κ2) is 9.59. The molecule has 0 saturated carbocycles. The standard InChI is InChI=1S/C23H24ClN3O3/c1-4-17-10-12-19(13-11-17)25-22(28)16(3)30-23(29)20-15(2)26-27(21(20)24)14-18-8-6-5-7-9-18/h5-13,16H,4,14H2,1-3H3,(H,25,28)/t16-/m1/s1. The SMILES string of the molecule is CCc1ccc(NC(=O)[C@@H](C)OC(=O)c2c(C)nn(Cc3ccccc3)c2Cl)cc1. The number of amides is 1. The van der Waals surface area contributed by atoms with Crippen molar-refractivity contribution in [2.75, 3.05) is 5.32 Å². The number of carbonyl (C=O) groups excluding carboxylic acids is 2. The van der Waals surface area contributed by atoms with E-state index in [1.807, 2.05) is 54.6 Å². The van der Waals surface area contributed by atoms with Crippen molar-refractivity contribution in [3.05, 3.63) is 82.1 Å². The molecule has 0 unspecified atom stereocenters. The Kier molecular flexibility index (Phi) is 6.90. The zero-order valence-corrected chi connectivity index (χ0v) is 17.9. The largest absolute Gasteiger partial charge is 0.449 e. The van der Waals surface area contributed by atoms with Crippen molar-refractivity contribution in [3.63, 3.8) is 0 Å². The van der Waals surface area contributed by atoms with E-state index >= 15 is 0 Å². The predicted octanol–water partition coefficient (Wildman–Crippen LogP) is 4.64. The van der Waals surface area contributed by atoms with Gasteiger partial charge in [-0.25, -0.2) is 9.48 Å². The molecule has 7 heteroatoms. The van der Waals surface area contributed by atoms with Crippen LogP contribution in [0.3, 0.4) is 0 Å². The molecule has 3 aromatic rings. The van der Waals surface area contributed by atoms with Crippen LogP contribution in [0.2, 0.25) is 5.15 Å². The van der Waals surface area contributed by atoms with Crippen molar-refractivity contribution >= 4 is 29.2 Å². The van der Waals surface area contributed by atoms with Gasteiger partial charge in [-0.2, -0.15) is 5.10 Å². The van der Waals surface area contributed by atoms with Crippen LogP contribution in [0, 0.1) is 6.92 Å². The van der Waals surface area contributed by atoms with Crippen molar-refractivity contribution in [2.45, 2.75) is 39.8 Å². The number of rotatable bonds is 7. The highest BCUT2D eigenvalue weighted by Crippen LogP contribution is 2.22. The molecule has 3 rings (SSSR count). The highest BCUT2D eigenvalue weighted by Gasteiger charge is 2.25. The number of halogens is 1. The lowest BCUT2D eigenvalue weighted by Gasteiger charge is -2.14. The third-order valence-corrected chi connectivity index (χ3v) is 5.11. The number of aryl methyl sites for hydroxylation is 2. The number of aromatic nitrogens is 2. The lowest BCUT2D eigenvalue weighted by Crippen LogP contribution is -2.30. The molecule has 0 aliphatic carbocycles. The minimum absolute atomic E-state index is 0.166. The van der Waals surface area contributed by atoms with Gasteiger partial charge in [-0.05, 0) is 43.5 Å². The number of nitrogens with one attached hydrogen (secondary N) is 1. The summed E-state index contributed by atoms with van der Waals surface area (Å²) in [4.78, 5) is 25.1. The average Bonchev–Trinajstić information content (AvgIpc) is 3.02. The molecule has 156 valence electrons. The van der Waals surface area contributed by atoms with Gasteiger partial charge in [0.25, 0.3) is 5.91 Å². The third kappa shape index (κ3) is 5.07. The zero-order valence-electron chi connectivity index (χ0n) is 17.2. The normalized spacial score (nSPS) is 11.7. The van der Waals surface area contributed by atoms with E-state index in [1.165, 1.54) is 12.5 Å². The molecule has 0 aliphatic heterocycles. The van der Waals surface area contributed by atoms with Crippen LogP contribution in [0.15, 0.2) is 54.6 Å². The maximum atomic E-state index is 12.7. The second-order valence-electron chi connectivity index (χ2n) is 6.98. The molecule has 1 heterocycles. The van der Waals surface area contributed by atoms with Crippen LogP contribution in [0.5, 0.6) is 0 Å². The Morgan fingerprint density at radius 3 is 2.40 bits per heavy atom.